The first-order valence-corrected chi connectivity index (χ1v) is 7.34. The molecule has 0 aromatic carbocycles. The van der Waals surface area contributed by atoms with Crippen molar-refractivity contribution in [3.05, 3.63) is 30.1 Å². The Kier molecular flexibility index (Phi) is 4.59. The largest absolute Gasteiger partial charge is 0.332 e. The van der Waals surface area contributed by atoms with Crippen LogP contribution in [0, 0.1) is 5.92 Å². The summed E-state index contributed by atoms with van der Waals surface area (Å²) in [7, 11) is 0. The lowest BCUT2D eigenvalue weighted by molar-refractivity contribution is 0.424. The number of hydrogen-bond acceptors (Lipinski definition) is 2. The molecule has 0 saturated carbocycles. The molecule has 2 rings (SSSR count). The van der Waals surface area contributed by atoms with E-state index in [2.05, 4.69) is 42.6 Å². The van der Waals surface area contributed by atoms with Gasteiger partial charge < -0.3 is 10.3 Å². The molecule has 104 valence electrons. The van der Waals surface area contributed by atoms with Gasteiger partial charge in [0.15, 0.2) is 0 Å². The molecule has 0 amide bonds. The lowest BCUT2D eigenvalue weighted by Gasteiger charge is -2.13. The van der Waals surface area contributed by atoms with Gasteiger partial charge in [-0.05, 0) is 37.0 Å². The summed E-state index contributed by atoms with van der Waals surface area (Å²) in [6, 6.07) is 4.35. The number of hydrogen-bond donors (Lipinski definition) is 1. The number of fused-ring (bicyclic) bond motifs is 1. The Labute approximate surface area is 115 Å². The van der Waals surface area contributed by atoms with Crippen LogP contribution in [0.3, 0.4) is 0 Å². The van der Waals surface area contributed by atoms with E-state index in [1.54, 1.807) is 0 Å². The smallest absolute Gasteiger partial charge is 0.140 e. The second kappa shape index (κ2) is 6.20. The molecule has 1 atom stereocenters. The molecule has 0 spiro atoms. The van der Waals surface area contributed by atoms with Crippen LogP contribution in [0.2, 0.25) is 0 Å². The zero-order valence-electron chi connectivity index (χ0n) is 12.3. The van der Waals surface area contributed by atoms with Gasteiger partial charge in [-0.15, -0.1) is 0 Å². The van der Waals surface area contributed by atoms with Crippen LogP contribution in [0.15, 0.2) is 24.5 Å². The highest BCUT2D eigenvalue weighted by Gasteiger charge is 2.13. The number of aromatic nitrogens is 2. The van der Waals surface area contributed by atoms with Crippen molar-refractivity contribution in [3.8, 4) is 0 Å². The predicted octanol–water partition coefficient (Wildman–Crippen LogP) is 3.36. The van der Waals surface area contributed by atoms with E-state index < -0.39 is 0 Å². The van der Waals surface area contributed by atoms with E-state index in [1.165, 1.54) is 23.8 Å². The Bertz CT molecular complexity index is 524. The van der Waals surface area contributed by atoms with Gasteiger partial charge in [-0.3, -0.25) is 0 Å². The van der Waals surface area contributed by atoms with Crippen molar-refractivity contribution in [1.29, 1.82) is 0 Å². The molecule has 0 aliphatic rings. The van der Waals surface area contributed by atoms with E-state index in [9.17, 15) is 0 Å². The molecule has 0 fully saturated rings. The zero-order chi connectivity index (χ0) is 13.8. The van der Waals surface area contributed by atoms with Gasteiger partial charge in [-0.2, -0.15) is 0 Å². The first-order valence-electron chi connectivity index (χ1n) is 7.34. The summed E-state index contributed by atoms with van der Waals surface area (Å²) in [5.74, 6) is 0.723. The maximum Gasteiger partial charge on any atom is 0.140 e. The Balaban J connectivity index is 2.38. The molecule has 19 heavy (non-hydrogen) atoms. The van der Waals surface area contributed by atoms with Crippen LogP contribution >= 0.6 is 0 Å². The van der Waals surface area contributed by atoms with Crippen molar-refractivity contribution in [1.82, 2.24) is 9.55 Å². The minimum atomic E-state index is 0.187. The van der Waals surface area contributed by atoms with Gasteiger partial charge >= 0.3 is 0 Å². The fraction of sp³-hybridized carbons (Fsp3) is 0.562. The molecule has 0 saturated heterocycles. The van der Waals surface area contributed by atoms with Crippen LogP contribution in [-0.2, 0) is 13.0 Å². The van der Waals surface area contributed by atoms with E-state index in [0.29, 0.717) is 0 Å². The zero-order valence-corrected chi connectivity index (χ0v) is 12.3. The molecule has 0 radical (unpaired) electrons. The quantitative estimate of drug-likeness (QED) is 0.864. The van der Waals surface area contributed by atoms with Crippen molar-refractivity contribution in [2.45, 2.75) is 52.6 Å². The third-order valence-corrected chi connectivity index (χ3v) is 3.87. The normalized spacial score (nSPS) is 13.3. The summed E-state index contributed by atoms with van der Waals surface area (Å²) < 4.78 is 2.31. The predicted molar refractivity (Wildman–Crippen MR) is 81.2 cm³/mol. The van der Waals surface area contributed by atoms with Gasteiger partial charge in [-0.1, -0.05) is 26.7 Å². The van der Waals surface area contributed by atoms with E-state index >= 15 is 0 Å². The van der Waals surface area contributed by atoms with Crippen LogP contribution in [0.1, 0.15) is 39.2 Å². The highest BCUT2D eigenvalue weighted by molar-refractivity contribution is 5.80. The molecular formula is C16H25N3. The molecule has 0 aliphatic heterocycles. The highest BCUT2D eigenvalue weighted by Crippen LogP contribution is 2.23. The lowest BCUT2D eigenvalue weighted by atomic mass is 10.0. The molecule has 2 aromatic rings. The lowest BCUT2D eigenvalue weighted by Crippen LogP contribution is -2.17. The van der Waals surface area contributed by atoms with Gasteiger partial charge in [0, 0.05) is 30.4 Å². The molecule has 2 aromatic heterocycles. The Morgan fingerprint density at radius 2 is 2.05 bits per heavy atom. The van der Waals surface area contributed by atoms with Gasteiger partial charge in [-0.25, -0.2) is 4.98 Å². The first-order chi connectivity index (χ1) is 9.15. The summed E-state index contributed by atoms with van der Waals surface area (Å²) in [4.78, 5) is 4.55. The van der Waals surface area contributed by atoms with Crippen LogP contribution in [0.4, 0.5) is 0 Å². The molecule has 0 aliphatic carbocycles. The standard InChI is InChI=1S/C16H25N3/c1-4-13(5-2)10-19-11-14(9-12(3)17)15-7-6-8-18-16(15)19/h6-8,11-13H,4-5,9-10,17H2,1-3H3. The molecule has 1 unspecified atom stereocenters. The monoisotopic (exact) mass is 259 g/mol. The average molecular weight is 259 g/mol. The number of rotatable bonds is 6. The first kappa shape index (κ1) is 14.1. The van der Waals surface area contributed by atoms with Crippen molar-refractivity contribution in [3.63, 3.8) is 0 Å². The van der Waals surface area contributed by atoms with Crippen LogP contribution < -0.4 is 5.73 Å². The van der Waals surface area contributed by atoms with E-state index in [-0.39, 0.29) is 6.04 Å². The van der Waals surface area contributed by atoms with Crippen molar-refractivity contribution in [2.24, 2.45) is 11.7 Å². The number of nitrogens with zero attached hydrogens (tertiary/aromatic N) is 2. The Morgan fingerprint density at radius 3 is 2.68 bits per heavy atom. The molecule has 0 bridgehead atoms. The summed E-state index contributed by atoms with van der Waals surface area (Å²) in [6.07, 6.45) is 7.47. The summed E-state index contributed by atoms with van der Waals surface area (Å²) in [6.45, 7) is 7.63. The van der Waals surface area contributed by atoms with Gasteiger partial charge in [0.2, 0.25) is 0 Å². The molecular weight excluding hydrogens is 234 g/mol. The van der Waals surface area contributed by atoms with Crippen LogP contribution in [-0.4, -0.2) is 15.6 Å². The van der Waals surface area contributed by atoms with Crippen molar-refractivity contribution < 1.29 is 0 Å². The minimum Gasteiger partial charge on any atom is -0.332 e. The summed E-state index contributed by atoms with van der Waals surface area (Å²) >= 11 is 0. The average Bonchev–Trinajstić information content (AvgIpc) is 2.74. The minimum absolute atomic E-state index is 0.187. The maximum atomic E-state index is 5.95. The summed E-state index contributed by atoms with van der Waals surface area (Å²) in [5.41, 5.74) is 8.37. The van der Waals surface area contributed by atoms with Crippen LogP contribution in [0.25, 0.3) is 11.0 Å². The second-order valence-electron chi connectivity index (χ2n) is 5.55. The Morgan fingerprint density at radius 1 is 1.32 bits per heavy atom. The van der Waals surface area contributed by atoms with Gasteiger partial charge in [0.25, 0.3) is 0 Å². The highest BCUT2D eigenvalue weighted by atomic mass is 15.0. The fourth-order valence-corrected chi connectivity index (χ4v) is 2.67. The Hall–Kier alpha value is -1.35. The van der Waals surface area contributed by atoms with Gasteiger partial charge in [0.05, 0.1) is 0 Å². The van der Waals surface area contributed by atoms with Crippen molar-refractivity contribution >= 4 is 11.0 Å². The van der Waals surface area contributed by atoms with Gasteiger partial charge in [0.1, 0.15) is 5.65 Å². The van der Waals surface area contributed by atoms with E-state index in [0.717, 1.165) is 24.5 Å². The topological polar surface area (TPSA) is 43.8 Å². The van der Waals surface area contributed by atoms with E-state index in [4.69, 9.17) is 5.73 Å². The second-order valence-corrected chi connectivity index (χ2v) is 5.55. The molecule has 3 heteroatoms. The molecule has 3 nitrogen and oxygen atoms in total. The number of nitrogens with two attached hydrogens (primary N) is 1. The van der Waals surface area contributed by atoms with Crippen LogP contribution in [0.5, 0.6) is 0 Å². The van der Waals surface area contributed by atoms with Crippen molar-refractivity contribution in [2.75, 3.05) is 0 Å². The molecule has 2 heterocycles. The van der Waals surface area contributed by atoms with E-state index in [1.807, 2.05) is 12.3 Å². The SMILES string of the molecule is CCC(CC)Cn1cc(CC(C)N)c2cccnc21. The fourth-order valence-electron chi connectivity index (χ4n) is 2.67. The summed E-state index contributed by atoms with van der Waals surface area (Å²) in [5, 5.41) is 1.26. The molecule has 2 N–H and O–H groups in total. The number of pyridine rings is 1. The third-order valence-electron chi connectivity index (χ3n) is 3.87. The maximum absolute atomic E-state index is 5.95. The third kappa shape index (κ3) is 3.16.